The van der Waals surface area contributed by atoms with Crippen LogP contribution in [0.3, 0.4) is 0 Å². The molecule has 0 radical (unpaired) electrons. The van der Waals surface area contributed by atoms with Crippen LogP contribution in [-0.4, -0.2) is 13.3 Å². The summed E-state index contributed by atoms with van der Waals surface area (Å²) in [6, 6.07) is 0. The minimum atomic E-state index is -1.64. The van der Waals surface area contributed by atoms with Crippen LogP contribution in [0, 0.1) is 0 Å². The molecular weight excluding hydrogens is 147 g/mol. The van der Waals surface area contributed by atoms with Crippen LogP contribution >= 0.6 is 17.7 Å². The van der Waals surface area contributed by atoms with Crippen molar-refractivity contribution in [3.8, 4) is 0 Å². The molecule has 1 nitrogen and oxygen atoms in total. The zero-order valence-electron chi connectivity index (χ0n) is 4.42. The van der Waals surface area contributed by atoms with Gasteiger partial charge in [-0.15, -0.1) is 12.2 Å². The minimum absolute atomic E-state index is 0.678. The van der Waals surface area contributed by atoms with Crippen molar-refractivity contribution in [2.45, 2.75) is 6.92 Å². The molecule has 0 fully saturated rings. The maximum absolute atomic E-state index is 5.02. The van der Waals surface area contributed by atoms with E-state index in [4.69, 9.17) is 16.3 Å². The van der Waals surface area contributed by atoms with Crippen LogP contribution in [0.25, 0.3) is 0 Å². The van der Waals surface area contributed by atoms with E-state index in [-0.39, 0.29) is 0 Å². The Kier molecular flexibility index (Phi) is 3.50. The summed E-state index contributed by atoms with van der Waals surface area (Å²) in [4.78, 5) is 0. The Hall–Kier alpha value is 0.960. The molecule has 0 heterocycles. The van der Waals surface area contributed by atoms with Gasteiger partial charge in [0.1, 0.15) is 5.47 Å². The lowest BCUT2D eigenvalue weighted by molar-refractivity contribution is 0.388. The second kappa shape index (κ2) is 3.08. The summed E-state index contributed by atoms with van der Waals surface area (Å²) in [5, 5.41) is 0. The predicted octanol–water partition coefficient (Wildman–Crippen LogP) is 1.89. The molecule has 0 aliphatic rings. The highest BCUT2D eigenvalue weighted by Crippen LogP contribution is 2.47. The van der Waals surface area contributed by atoms with Gasteiger partial charge >= 0.3 is 0 Å². The second-order valence-corrected chi connectivity index (χ2v) is 8.28. The Bertz CT molecular complexity index is 86.9. The average molecular weight is 156 g/mol. The third kappa shape index (κ3) is 6.96. The Labute approximate surface area is 54.7 Å². The third-order valence-corrected chi connectivity index (χ3v) is 1.77. The first-order valence-corrected chi connectivity index (χ1v) is 6.33. The van der Waals surface area contributed by atoms with E-state index in [9.17, 15) is 0 Å². The highest BCUT2D eigenvalue weighted by atomic mass is 32.9. The van der Waals surface area contributed by atoms with Gasteiger partial charge in [-0.1, -0.05) is 11.8 Å². The Balaban J connectivity index is 3.36. The molecule has 1 unspecified atom stereocenters. The molecule has 0 saturated carbocycles. The van der Waals surface area contributed by atoms with Crippen LogP contribution in [0.2, 0.25) is 0 Å². The van der Waals surface area contributed by atoms with Crippen molar-refractivity contribution in [2.75, 3.05) is 13.3 Å². The standard InChI is InChI=1S/C3H9OPS2/c1-3-4-5(2,6)7/h3H2,1-2H3,(H,6,7). The summed E-state index contributed by atoms with van der Waals surface area (Å²) >= 11 is 8.88. The molecule has 0 aliphatic carbocycles. The lowest BCUT2D eigenvalue weighted by atomic mass is 10.9. The number of hydrogen-bond acceptors (Lipinski definition) is 2. The van der Waals surface area contributed by atoms with Crippen LogP contribution < -0.4 is 0 Å². The summed E-state index contributed by atoms with van der Waals surface area (Å²) in [7, 11) is 0. The van der Waals surface area contributed by atoms with E-state index >= 15 is 0 Å². The first kappa shape index (κ1) is 7.96. The zero-order valence-corrected chi connectivity index (χ0v) is 7.02. The lowest BCUT2D eigenvalue weighted by Gasteiger charge is -2.05. The van der Waals surface area contributed by atoms with E-state index in [0.29, 0.717) is 6.61 Å². The number of hydrogen-bond donors (Lipinski definition) is 1. The van der Waals surface area contributed by atoms with Crippen molar-refractivity contribution in [2.24, 2.45) is 0 Å². The van der Waals surface area contributed by atoms with E-state index in [0.717, 1.165) is 0 Å². The zero-order chi connectivity index (χ0) is 5.91. The van der Waals surface area contributed by atoms with Crippen LogP contribution in [-0.2, 0) is 16.3 Å². The van der Waals surface area contributed by atoms with Crippen LogP contribution in [0.1, 0.15) is 6.92 Å². The topological polar surface area (TPSA) is 9.23 Å². The SMILES string of the molecule is CCOP(C)(=S)S. The molecule has 4 heteroatoms. The normalized spacial score (nSPS) is 18.7. The first-order valence-electron chi connectivity index (χ1n) is 2.01. The quantitative estimate of drug-likeness (QED) is 0.483. The smallest absolute Gasteiger partial charge is 0.113 e. The van der Waals surface area contributed by atoms with E-state index < -0.39 is 5.47 Å². The Morgan fingerprint density at radius 2 is 2.29 bits per heavy atom. The fourth-order valence-electron chi connectivity index (χ4n) is 0.240. The van der Waals surface area contributed by atoms with Gasteiger partial charge in [-0.3, -0.25) is 0 Å². The molecule has 7 heavy (non-hydrogen) atoms. The molecule has 0 saturated heterocycles. The van der Waals surface area contributed by atoms with Gasteiger partial charge in [-0.2, -0.15) is 0 Å². The van der Waals surface area contributed by atoms with Crippen molar-refractivity contribution >= 4 is 29.5 Å². The summed E-state index contributed by atoms with van der Waals surface area (Å²) in [6.07, 6.45) is 0. The first-order chi connectivity index (χ1) is 3.06. The predicted molar refractivity (Wildman–Crippen MR) is 40.8 cm³/mol. The fourth-order valence-corrected chi connectivity index (χ4v) is 1.38. The Morgan fingerprint density at radius 3 is 2.29 bits per heavy atom. The van der Waals surface area contributed by atoms with Gasteiger partial charge in [0.25, 0.3) is 0 Å². The molecule has 0 aromatic rings. The van der Waals surface area contributed by atoms with E-state index in [1.165, 1.54) is 0 Å². The molecule has 0 bridgehead atoms. The van der Waals surface area contributed by atoms with Gasteiger partial charge in [-0.05, 0) is 13.6 Å². The maximum Gasteiger partial charge on any atom is 0.113 e. The molecule has 0 aliphatic heterocycles. The van der Waals surface area contributed by atoms with Crippen molar-refractivity contribution in [3.63, 3.8) is 0 Å². The van der Waals surface area contributed by atoms with Crippen molar-refractivity contribution in [3.05, 3.63) is 0 Å². The van der Waals surface area contributed by atoms with Crippen LogP contribution in [0.4, 0.5) is 0 Å². The third-order valence-electron chi connectivity index (χ3n) is 0.369. The largest absolute Gasteiger partial charge is 0.342 e. The van der Waals surface area contributed by atoms with Crippen LogP contribution in [0.15, 0.2) is 0 Å². The lowest BCUT2D eigenvalue weighted by Crippen LogP contribution is -1.78. The average Bonchev–Trinajstić information content (AvgIpc) is 1.30. The molecule has 0 N–H and O–H groups in total. The maximum atomic E-state index is 5.02. The summed E-state index contributed by atoms with van der Waals surface area (Å²) in [5.74, 6) is 0. The van der Waals surface area contributed by atoms with E-state index in [1.807, 2.05) is 13.6 Å². The Morgan fingerprint density at radius 1 is 1.86 bits per heavy atom. The molecule has 44 valence electrons. The van der Waals surface area contributed by atoms with Crippen LogP contribution in [0.5, 0.6) is 0 Å². The van der Waals surface area contributed by atoms with Crippen molar-refractivity contribution in [1.82, 2.24) is 0 Å². The number of rotatable bonds is 2. The van der Waals surface area contributed by atoms with Crippen molar-refractivity contribution < 1.29 is 4.52 Å². The number of thiol groups is 1. The summed E-state index contributed by atoms with van der Waals surface area (Å²) in [5.41, 5.74) is -1.64. The van der Waals surface area contributed by atoms with Gasteiger partial charge in [0.15, 0.2) is 0 Å². The monoisotopic (exact) mass is 156 g/mol. The van der Waals surface area contributed by atoms with E-state index in [2.05, 4.69) is 12.2 Å². The molecule has 0 aromatic carbocycles. The molecular formula is C3H9OPS2. The fraction of sp³-hybridized carbons (Fsp3) is 1.00. The van der Waals surface area contributed by atoms with Gasteiger partial charge in [0, 0.05) is 6.61 Å². The summed E-state index contributed by atoms with van der Waals surface area (Å²) < 4.78 is 5.02. The molecule has 0 aromatic heterocycles. The second-order valence-electron chi connectivity index (χ2n) is 1.22. The molecule has 0 amide bonds. The molecule has 0 spiro atoms. The van der Waals surface area contributed by atoms with Gasteiger partial charge in [-0.25, -0.2) is 0 Å². The summed E-state index contributed by atoms with van der Waals surface area (Å²) in [6.45, 7) is 4.44. The molecule has 1 atom stereocenters. The van der Waals surface area contributed by atoms with Gasteiger partial charge in [0.2, 0.25) is 0 Å². The van der Waals surface area contributed by atoms with Gasteiger partial charge in [0.05, 0.1) is 0 Å². The highest BCUT2D eigenvalue weighted by molar-refractivity contribution is 8.61. The van der Waals surface area contributed by atoms with E-state index in [1.54, 1.807) is 0 Å². The highest BCUT2D eigenvalue weighted by Gasteiger charge is 1.97. The van der Waals surface area contributed by atoms with Gasteiger partial charge < -0.3 is 4.52 Å². The molecule has 0 rings (SSSR count). The minimum Gasteiger partial charge on any atom is -0.342 e. The van der Waals surface area contributed by atoms with Crippen molar-refractivity contribution in [1.29, 1.82) is 0 Å².